The zero-order valence-corrected chi connectivity index (χ0v) is 9.82. The van der Waals surface area contributed by atoms with Gasteiger partial charge < -0.3 is 15.1 Å². The first-order valence-corrected chi connectivity index (χ1v) is 5.78. The van der Waals surface area contributed by atoms with Crippen molar-refractivity contribution in [3.05, 3.63) is 36.1 Å². The van der Waals surface area contributed by atoms with Crippen LogP contribution in [0.1, 0.15) is 17.3 Å². The fourth-order valence-corrected chi connectivity index (χ4v) is 1.69. The van der Waals surface area contributed by atoms with Crippen molar-refractivity contribution in [1.82, 2.24) is 10.6 Å². The molecule has 0 saturated heterocycles. The molecule has 2 rings (SSSR count). The minimum atomic E-state index is -0.0900. The van der Waals surface area contributed by atoms with Crippen LogP contribution in [0, 0.1) is 0 Å². The Labute approximate surface area is 100.0 Å². The smallest absolute Gasteiger partial charge is 0.255 e. The molecule has 0 spiro atoms. The van der Waals surface area contributed by atoms with E-state index in [4.69, 9.17) is 4.42 Å². The third-order valence-corrected chi connectivity index (χ3v) is 2.56. The second-order valence-corrected chi connectivity index (χ2v) is 3.75. The number of hydrogen-bond donors (Lipinski definition) is 2. The molecule has 90 valence electrons. The Morgan fingerprint density at radius 1 is 1.29 bits per heavy atom. The predicted octanol–water partition coefficient (Wildman–Crippen LogP) is 1.77. The van der Waals surface area contributed by atoms with E-state index in [1.165, 1.54) is 6.26 Å². The number of likely N-dealkylation sites (N-methyl/N-ethyl adjacent to an activating group) is 1. The molecule has 1 aromatic heterocycles. The van der Waals surface area contributed by atoms with E-state index in [9.17, 15) is 4.79 Å². The highest BCUT2D eigenvalue weighted by atomic mass is 16.3. The number of benzene rings is 1. The summed E-state index contributed by atoms with van der Waals surface area (Å²) >= 11 is 0. The number of rotatable bonds is 5. The van der Waals surface area contributed by atoms with E-state index < -0.39 is 0 Å². The van der Waals surface area contributed by atoms with Gasteiger partial charge in [-0.05, 0) is 12.6 Å². The summed E-state index contributed by atoms with van der Waals surface area (Å²) in [5.74, 6) is -0.0900. The first-order chi connectivity index (χ1) is 8.33. The summed E-state index contributed by atoms with van der Waals surface area (Å²) in [5.41, 5.74) is 1.33. The van der Waals surface area contributed by atoms with Crippen molar-refractivity contribution < 1.29 is 9.21 Å². The van der Waals surface area contributed by atoms with Gasteiger partial charge in [0.1, 0.15) is 11.8 Å². The molecule has 0 saturated carbocycles. The predicted molar refractivity (Wildman–Crippen MR) is 67.1 cm³/mol. The van der Waals surface area contributed by atoms with Crippen molar-refractivity contribution in [3.63, 3.8) is 0 Å². The van der Waals surface area contributed by atoms with Gasteiger partial charge >= 0.3 is 0 Å². The van der Waals surface area contributed by atoms with Crippen LogP contribution in [0.3, 0.4) is 0 Å². The quantitative estimate of drug-likeness (QED) is 0.772. The Bertz CT molecular complexity index is 505. The van der Waals surface area contributed by atoms with Gasteiger partial charge in [-0.1, -0.05) is 25.1 Å². The van der Waals surface area contributed by atoms with Crippen LogP contribution in [0.25, 0.3) is 11.0 Å². The van der Waals surface area contributed by atoms with Gasteiger partial charge in [-0.15, -0.1) is 0 Å². The van der Waals surface area contributed by atoms with Gasteiger partial charge in [-0.25, -0.2) is 0 Å². The Hall–Kier alpha value is -1.81. The van der Waals surface area contributed by atoms with Crippen molar-refractivity contribution in [2.24, 2.45) is 0 Å². The Kier molecular flexibility index (Phi) is 3.77. The van der Waals surface area contributed by atoms with Crippen LogP contribution >= 0.6 is 0 Å². The van der Waals surface area contributed by atoms with Crippen LogP contribution in [0.2, 0.25) is 0 Å². The average Bonchev–Trinajstić information content (AvgIpc) is 2.78. The molecule has 2 aromatic rings. The Morgan fingerprint density at radius 3 is 2.94 bits per heavy atom. The van der Waals surface area contributed by atoms with Gasteiger partial charge in [0.05, 0.1) is 5.56 Å². The first kappa shape index (κ1) is 11.7. The molecule has 0 unspecified atom stereocenters. The number of hydrogen-bond acceptors (Lipinski definition) is 3. The van der Waals surface area contributed by atoms with E-state index in [2.05, 4.69) is 10.6 Å². The maximum Gasteiger partial charge on any atom is 0.255 e. The topological polar surface area (TPSA) is 54.3 Å². The molecule has 1 aromatic carbocycles. The lowest BCUT2D eigenvalue weighted by molar-refractivity contribution is 0.0955. The zero-order chi connectivity index (χ0) is 12.1. The Morgan fingerprint density at radius 2 is 2.12 bits per heavy atom. The molecule has 1 amide bonds. The van der Waals surface area contributed by atoms with Crippen LogP contribution < -0.4 is 10.6 Å². The summed E-state index contributed by atoms with van der Waals surface area (Å²) in [6.07, 6.45) is 1.51. The second-order valence-electron chi connectivity index (χ2n) is 3.75. The fraction of sp³-hybridized carbons (Fsp3) is 0.308. The maximum atomic E-state index is 11.9. The molecule has 0 aliphatic carbocycles. The molecular weight excluding hydrogens is 216 g/mol. The molecule has 4 heteroatoms. The molecule has 0 atom stereocenters. The van der Waals surface area contributed by atoms with Crippen LogP contribution in [-0.2, 0) is 0 Å². The molecule has 0 fully saturated rings. The van der Waals surface area contributed by atoms with Crippen molar-refractivity contribution >= 4 is 16.9 Å². The van der Waals surface area contributed by atoms with Crippen molar-refractivity contribution in [1.29, 1.82) is 0 Å². The van der Waals surface area contributed by atoms with E-state index in [1.807, 2.05) is 31.2 Å². The van der Waals surface area contributed by atoms with Crippen LogP contribution in [0.4, 0.5) is 0 Å². The molecular formula is C13H16N2O2. The van der Waals surface area contributed by atoms with E-state index in [0.717, 1.165) is 24.1 Å². The fourth-order valence-electron chi connectivity index (χ4n) is 1.69. The summed E-state index contributed by atoms with van der Waals surface area (Å²) in [6.45, 7) is 4.33. The lowest BCUT2D eigenvalue weighted by atomic mass is 10.1. The lowest BCUT2D eigenvalue weighted by Crippen LogP contribution is -2.31. The van der Waals surface area contributed by atoms with Crippen LogP contribution in [-0.4, -0.2) is 25.5 Å². The number of nitrogens with one attached hydrogen (secondary N) is 2. The van der Waals surface area contributed by atoms with Gasteiger partial charge in [-0.3, -0.25) is 4.79 Å². The number of para-hydroxylation sites is 1. The van der Waals surface area contributed by atoms with Crippen molar-refractivity contribution in [2.75, 3.05) is 19.6 Å². The van der Waals surface area contributed by atoms with Crippen LogP contribution in [0.5, 0.6) is 0 Å². The largest absolute Gasteiger partial charge is 0.463 e. The SMILES string of the molecule is CCNCCNC(=O)c1coc2ccccc12. The minimum Gasteiger partial charge on any atom is -0.463 e. The summed E-state index contributed by atoms with van der Waals surface area (Å²) in [6, 6.07) is 7.52. The summed E-state index contributed by atoms with van der Waals surface area (Å²) in [7, 11) is 0. The maximum absolute atomic E-state index is 11.9. The third kappa shape index (κ3) is 2.65. The Balaban J connectivity index is 2.04. The summed E-state index contributed by atoms with van der Waals surface area (Å²) in [4.78, 5) is 11.9. The molecule has 17 heavy (non-hydrogen) atoms. The minimum absolute atomic E-state index is 0.0900. The normalized spacial score (nSPS) is 10.6. The summed E-state index contributed by atoms with van der Waals surface area (Å²) < 4.78 is 5.32. The average molecular weight is 232 g/mol. The highest BCUT2D eigenvalue weighted by molar-refractivity contribution is 6.05. The van der Waals surface area contributed by atoms with E-state index >= 15 is 0 Å². The van der Waals surface area contributed by atoms with Crippen molar-refractivity contribution in [2.45, 2.75) is 6.92 Å². The number of furan rings is 1. The second kappa shape index (κ2) is 5.50. The molecule has 0 aliphatic heterocycles. The molecule has 2 N–H and O–H groups in total. The van der Waals surface area contributed by atoms with Crippen LogP contribution in [0.15, 0.2) is 34.9 Å². The van der Waals surface area contributed by atoms with Gasteiger partial charge in [0.25, 0.3) is 5.91 Å². The zero-order valence-electron chi connectivity index (χ0n) is 9.82. The summed E-state index contributed by atoms with van der Waals surface area (Å²) in [5, 5.41) is 6.85. The highest BCUT2D eigenvalue weighted by Gasteiger charge is 2.12. The van der Waals surface area contributed by atoms with Crippen molar-refractivity contribution in [3.8, 4) is 0 Å². The number of amides is 1. The molecule has 4 nitrogen and oxygen atoms in total. The van der Waals surface area contributed by atoms with Gasteiger partial charge in [0.2, 0.25) is 0 Å². The van der Waals surface area contributed by atoms with Gasteiger partial charge in [0.15, 0.2) is 0 Å². The van der Waals surface area contributed by atoms with Gasteiger partial charge in [0, 0.05) is 18.5 Å². The number of carbonyl (C=O) groups excluding carboxylic acids is 1. The van der Waals surface area contributed by atoms with Gasteiger partial charge in [-0.2, -0.15) is 0 Å². The number of fused-ring (bicyclic) bond motifs is 1. The number of carbonyl (C=O) groups is 1. The molecule has 0 radical (unpaired) electrons. The highest BCUT2D eigenvalue weighted by Crippen LogP contribution is 2.20. The van der Waals surface area contributed by atoms with E-state index in [0.29, 0.717) is 12.1 Å². The molecule has 1 heterocycles. The third-order valence-electron chi connectivity index (χ3n) is 2.56. The van der Waals surface area contributed by atoms with E-state index in [1.54, 1.807) is 0 Å². The monoisotopic (exact) mass is 232 g/mol. The molecule has 0 bridgehead atoms. The lowest BCUT2D eigenvalue weighted by Gasteiger charge is -2.03. The van der Waals surface area contributed by atoms with E-state index in [-0.39, 0.29) is 5.91 Å². The first-order valence-electron chi connectivity index (χ1n) is 5.78. The molecule has 0 aliphatic rings. The standard InChI is InChI=1S/C13H16N2O2/c1-2-14-7-8-15-13(16)11-9-17-12-6-4-3-5-10(11)12/h3-6,9,14H,2,7-8H2,1H3,(H,15,16).